The molecule has 0 aromatic rings. The minimum Gasteiger partial charge on any atom is -0.365 e. The van der Waals surface area contributed by atoms with Gasteiger partial charge in [0.05, 0.1) is 6.61 Å². The number of rotatable bonds is 1. The standard InChI is InChI=1S/C11H16O/c1-8(2)10-5-4-9(3)11(6-10)7-12-11/h4,10H,1,5-7H2,2-3H3/t10-,11?/m1/s1. The number of hydrogen-bond acceptors (Lipinski definition) is 1. The molecule has 0 saturated carbocycles. The van der Waals surface area contributed by atoms with Crippen LogP contribution in [0.15, 0.2) is 23.8 Å². The Balaban J connectivity index is 2.15. The molecule has 2 aliphatic rings. The quantitative estimate of drug-likeness (QED) is 0.429. The van der Waals surface area contributed by atoms with E-state index < -0.39 is 0 Å². The van der Waals surface area contributed by atoms with Crippen molar-refractivity contribution >= 4 is 0 Å². The van der Waals surface area contributed by atoms with Gasteiger partial charge in [-0.1, -0.05) is 18.2 Å². The molecular formula is C11H16O. The molecular weight excluding hydrogens is 148 g/mol. The third-order valence-electron chi connectivity index (χ3n) is 3.19. The van der Waals surface area contributed by atoms with Crippen LogP contribution >= 0.6 is 0 Å². The normalized spacial score (nSPS) is 39.5. The van der Waals surface area contributed by atoms with E-state index in [4.69, 9.17) is 4.74 Å². The highest BCUT2D eigenvalue weighted by atomic mass is 16.6. The maximum atomic E-state index is 5.52. The van der Waals surface area contributed by atoms with Crippen molar-refractivity contribution in [3.05, 3.63) is 23.8 Å². The van der Waals surface area contributed by atoms with Gasteiger partial charge in [0.15, 0.2) is 0 Å². The van der Waals surface area contributed by atoms with Gasteiger partial charge >= 0.3 is 0 Å². The summed E-state index contributed by atoms with van der Waals surface area (Å²) in [6.07, 6.45) is 4.63. The van der Waals surface area contributed by atoms with Gasteiger partial charge in [0.1, 0.15) is 5.60 Å². The molecule has 0 aromatic heterocycles. The summed E-state index contributed by atoms with van der Waals surface area (Å²) in [4.78, 5) is 0. The number of ether oxygens (including phenoxy) is 1. The Hall–Kier alpha value is -0.560. The van der Waals surface area contributed by atoms with E-state index in [1.807, 2.05) is 0 Å². The van der Waals surface area contributed by atoms with Gasteiger partial charge in [-0.25, -0.2) is 0 Å². The van der Waals surface area contributed by atoms with E-state index in [1.54, 1.807) is 0 Å². The largest absolute Gasteiger partial charge is 0.365 e. The van der Waals surface area contributed by atoms with Gasteiger partial charge < -0.3 is 4.74 Å². The average Bonchev–Trinajstić information content (AvgIpc) is 2.76. The van der Waals surface area contributed by atoms with Crippen LogP contribution in [0.4, 0.5) is 0 Å². The highest BCUT2D eigenvalue weighted by Gasteiger charge is 2.49. The first kappa shape index (κ1) is 8.06. The second kappa shape index (κ2) is 2.46. The Morgan fingerprint density at radius 2 is 2.42 bits per heavy atom. The van der Waals surface area contributed by atoms with E-state index in [0.717, 1.165) is 19.4 Å². The minimum atomic E-state index is 0.141. The van der Waals surface area contributed by atoms with E-state index in [1.165, 1.54) is 11.1 Å². The molecule has 1 fully saturated rings. The first-order valence-corrected chi connectivity index (χ1v) is 4.61. The molecule has 1 heterocycles. The van der Waals surface area contributed by atoms with E-state index >= 15 is 0 Å². The van der Waals surface area contributed by atoms with Crippen LogP contribution in [-0.2, 0) is 4.74 Å². The van der Waals surface area contributed by atoms with E-state index in [0.29, 0.717) is 5.92 Å². The van der Waals surface area contributed by atoms with Crippen LogP contribution in [0, 0.1) is 5.92 Å². The summed E-state index contributed by atoms with van der Waals surface area (Å²) < 4.78 is 5.52. The topological polar surface area (TPSA) is 12.5 Å². The fraction of sp³-hybridized carbons (Fsp3) is 0.636. The summed E-state index contributed by atoms with van der Waals surface area (Å²) in [6.45, 7) is 9.24. The van der Waals surface area contributed by atoms with Gasteiger partial charge in [0.2, 0.25) is 0 Å². The first-order valence-electron chi connectivity index (χ1n) is 4.61. The smallest absolute Gasteiger partial charge is 0.113 e. The van der Waals surface area contributed by atoms with Crippen molar-refractivity contribution in [2.75, 3.05) is 6.61 Å². The lowest BCUT2D eigenvalue weighted by atomic mass is 9.79. The molecule has 0 bridgehead atoms. The molecule has 1 aliphatic carbocycles. The summed E-state index contributed by atoms with van der Waals surface area (Å²) in [5.74, 6) is 0.649. The van der Waals surface area contributed by atoms with Gasteiger partial charge in [0.25, 0.3) is 0 Å². The average molecular weight is 164 g/mol. The fourth-order valence-corrected chi connectivity index (χ4v) is 1.96. The van der Waals surface area contributed by atoms with Crippen molar-refractivity contribution in [2.45, 2.75) is 32.3 Å². The lowest BCUT2D eigenvalue weighted by Gasteiger charge is -2.26. The lowest BCUT2D eigenvalue weighted by molar-refractivity contribution is 0.285. The number of hydrogen-bond donors (Lipinski definition) is 0. The van der Waals surface area contributed by atoms with E-state index in [-0.39, 0.29) is 5.60 Å². The van der Waals surface area contributed by atoms with Crippen molar-refractivity contribution in [3.63, 3.8) is 0 Å². The number of allylic oxidation sites excluding steroid dienone is 2. The third kappa shape index (κ3) is 1.13. The zero-order valence-corrected chi connectivity index (χ0v) is 7.89. The van der Waals surface area contributed by atoms with Crippen molar-refractivity contribution in [1.29, 1.82) is 0 Å². The molecule has 1 heteroatoms. The summed E-state index contributed by atoms with van der Waals surface area (Å²) >= 11 is 0. The van der Waals surface area contributed by atoms with Crippen molar-refractivity contribution in [3.8, 4) is 0 Å². The van der Waals surface area contributed by atoms with E-state index in [9.17, 15) is 0 Å². The Morgan fingerprint density at radius 3 is 2.92 bits per heavy atom. The summed E-state index contributed by atoms with van der Waals surface area (Å²) in [5.41, 5.74) is 2.87. The van der Waals surface area contributed by atoms with Crippen molar-refractivity contribution in [1.82, 2.24) is 0 Å². The lowest BCUT2D eigenvalue weighted by Crippen LogP contribution is -2.23. The van der Waals surface area contributed by atoms with Crippen LogP contribution in [-0.4, -0.2) is 12.2 Å². The van der Waals surface area contributed by atoms with Gasteiger partial charge in [-0.3, -0.25) is 0 Å². The van der Waals surface area contributed by atoms with Crippen molar-refractivity contribution in [2.24, 2.45) is 5.92 Å². The molecule has 0 aromatic carbocycles. The molecule has 2 rings (SSSR count). The highest BCUT2D eigenvalue weighted by Crippen LogP contribution is 2.46. The molecule has 1 nitrogen and oxygen atoms in total. The molecule has 1 saturated heterocycles. The summed E-state index contributed by atoms with van der Waals surface area (Å²) in [7, 11) is 0. The summed E-state index contributed by atoms with van der Waals surface area (Å²) in [5, 5.41) is 0. The predicted molar refractivity (Wildman–Crippen MR) is 50.0 cm³/mol. The maximum absolute atomic E-state index is 5.52. The monoisotopic (exact) mass is 164 g/mol. The van der Waals surface area contributed by atoms with Gasteiger partial charge in [-0.05, 0) is 38.2 Å². The van der Waals surface area contributed by atoms with E-state index in [2.05, 4.69) is 26.5 Å². The molecule has 0 amide bonds. The second-order valence-corrected chi connectivity index (χ2v) is 4.15. The zero-order chi connectivity index (χ0) is 8.77. The molecule has 0 radical (unpaired) electrons. The van der Waals surface area contributed by atoms with Crippen LogP contribution in [0.3, 0.4) is 0 Å². The second-order valence-electron chi connectivity index (χ2n) is 4.15. The van der Waals surface area contributed by atoms with Crippen LogP contribution in [0.25, 0.3) is 0 Å². The van der Waals surface area contributed by atoms with Gasteiger partial charge in [0, 0.05) is 0 Å². The molecule has 66 valence electrons. The van der Waals surface area contributed by atoms with Gasteiger partial charge in [-0.2, -0.15) is 0 Å². The SMILES string of the molecule is C=C(C)[C@@H]1CC=C(C)C2(CO2)C1. The Bertz CT molecular complexity index is 246. The van der Waals surface area contributed by atoms with Crippen LogP contribution < -0.4 is 0 Å². The molecule has 12 heavy (non-hydrogen) atoms. The Kier molecular flexibility index (Phi) is 1.65. The van der Waals surface area contributed by atoms with Crippen LogP contribution in [0.1, 0.15) is 26.7 Å². The first-order chi connectivity index (χ1) is 5.64. The fourth-order valence-electron chi connectivity index (χ4n) is 1.96. The number of epoxide rings is 1. The maximum Gasteiger partial charge on any atom is 0.113 e. The van der Waals surface area contributed by atoms with Crippen LogP contribution in [0.5, 0.6) is 0 Å². The van der Waals surface area contributed by atoms with Crippen LogP contribution in [0.2, 0.25) is 0 Å². The third-order valence-corrected chi connectivity index (χ3v) is 3.19. The molecule has 1 unspecified atom stereocenters. The molecule has 0 N–H and O–H groups in total. The zero-order valence-electron chi connectivity index (χ0n) is 7.89. The molecule has 1 spiro atoms. The van der Waals surface area contributed by atoms with Gasteiger partial charge in [-0.15, -0.1) is 0 Å². The minimum absolute atomic E-state index is 0.141. The molecule has 1 aliphatic heterocycles. The highest BCUT2D eigenvalue weighted by molar-refractivity contribution is 5.27. The predicted octanol–water partition coefficient (Wildman–Crippen LogP) is 2.69. The Labute approximate surface area is 74.1 Å². The Morgan fingerprint density at radius 1 is 1.75 bits per heavy atom. The van der Waals surface area contributed by atoms with Crippen molar-refractivity contribution < 1.29 is 4.74 Å². The summed E-state index contributed by atoms with van der Waals surface area (Å²) in [6, 6.07) is 0. The molecule has 2 atom stereocenters.